The van der Waals surface area contributed by atoms with Gasteiger partial charge >= 0.3 is 0 Å². The normalized spacial score (nSPS) is 21.9. The van der Waals surface area contributed by atoms with Crippen LogP contribution in [0, 0.1) is 0 Å². The average Bonchev–Trinajstić information content (AvgIpc) is 2.84. The molecule has 0 aromatic heterocycles. The molecule has 2 heteroatoms. The first-order chi connectivity index (χ1) is 8.36. The van der Waals surface area contributed by atoms with Crippen molar-refractivity contribution in [3.8, 4) is 0 Å². The minimum atomic E-state index is 0.567. The number of nitrogens with one attached hydrogen (secondary N) is 1. The van der Waals surface area contributed by atoms with Crippen molar-refractivity contribution < 1.29 is 4.74 Å². The summed E-state index contributed by atoms with van der Waals surface area (Å²) in [6, 6.07) is 0.754. The molecular formula is C15H31NO. The maximum Gasteiger partial charge on any atom is 0.0576 e. The van der Waals surface area contributed by atoms with Crippen LogP contribution in [-0.2, 0) is 4.74 Å². The summed E-state index contributed by atoms with van der Waals surface area (Å²) < 4.78 is 5.64. The number of hydrogen-bond acceptors (Lipinski definition) is 2. The Balaban J connectivity index is 2.00. The molecule has 0 aromatic carbocycles. The SMILES string of the molecule is CCCCC(CCC)NCCCC1CCCO1. The summed E-state index contributed by atoms with van der Waals surface area (Å²) >= 11 is 0. The van der Waals surface area contributed by atoms with E-state index in [1.54, 1.807) is 0 Å². The smallest absolute Gasteiger partial charge is 0.0576 e. The molecule has 1 rings (SSSR count). The molecule has 0 aliphatic carbocycles. The summed E-state index contributed by atoms with van der Waals surface area (Å²) in [7, 11) is 0. The van der Waals surface area contributed by atoms with E-state index in [0.717, 1.165) is 12.6 Å². The van der Waals surface area contributed by atoms with Crippen LogP contribution >= 0.6 is 0 Å². The van der Waals surface area contributed by atoms with E-state index in [1.807, 2.05) is 0 Å². The Bertz CT molecular complexity index is 166. The second-order valence-electron chi connectivity index (χ2n) is 5.36. The Labute approximate surface area is 108 Å². The zero-order valence-corrected chi connectivity index (χ0v) is 11.8. The lowest BCUT2D eigenvalue weighted by molar-refractivity contribution is 0.102. The van der Waals surface area contributed by atoms with Crippen LogP contribution in [0.3, 0.4) is 0 Å². The molecule has 1 aliphatic rings. The van der Waals surface area contributed by atoms with E-state index in [4.69, 9.17) is 4.74 Å². The largest absolute Gasteiger partial charge is 0.378 e. The summed E-state index contributed by atoms with van der Waals surface area (Å²) in [5.74, 6) is 0. The van der Waals surface area contributed by atoms with Gasteiger partial charge in [0.1, 0.15) is 0 Å². The number of unbranched alkanes of at least 4 members (excludes halogenated alkanes) is 1. The lowest BCUT2D eigenvalue weighted by Crippen LogP contribution is -2.30. The van der Waals surface area contributed by atoms with Gasteiger partial charge in [0, 0.05) is 12.6 Å². The van der Waals surface area contributed by atoms with E-state index in [1.165, 1.54) is 64.3 Å². The fraction of sp³-hybridized carbons (Fsp3) is 1.00. The summed E-state index contributed by atoms with van der Waals surface area (Å²) in [6.45, 7) is 6.73. The van der Waals surface area contributed by atoms with E-state index in [-0.39, 0.29) is 0 Å². The quantitative estimate of drug-likeness (QED) is 0.586. The van der Waals surface area contributed by atoms with Crippen molar-refractivity contribution in [1.29, 1.82) is 0 Å². The fourth-order valence-electron chi connectivity index (χ4n) is 2.66. The zero-order chi connectivity index (χ0) is 12.3. The van der Waals surface area contributed by atoms with Crippen molar-refractivity contribution >= 4 is 0 Å². The van der Waals surface area contributed by atoms with Gasteiger partial charge in [-0.3, -0.25) is 0 Å². The Morgan fingerprint density at radius 3 is 2.71 bits per heavy atom. The van der Waals surface area contributed by atoms with Gasteiger partial charge in [-0.05, 0) is 45.1 Å². The van der Waals surface area contributed by atoms with Crippen molar-refractivity contribution in [2.24, 2.45) is 0 Å². The highest BCUT2D eigenvalue weighted by Gasteiger charge is 2.14. The number of hydrogen-bond donors (Lipinski definition) is 1. The Morgan fingerprint density at radius 1 is 1.18 bits per heavy atom. The first-order valence-electron chi connectivity index (χ1n) is 7.71. The van der Waals surface area contributed by atoms with Gasteiger partial charge in [0.05, 0.1) is 6.10 Å². The molecule has 0 bridgehead atoms. The van der Waals surface area contributed by atoms with Gasteiger partial charge in [-0.1, -0.05) is 33.1 Å². The van der Waals surface area contributed by atoms with Gasteiger partial charge in [0.15, 0.2) is 0 Å². The molecule has 2 unspecified atom stereocenters. The van der Waals surface area contributed by atoms with E-state index in [2.05, 4.69) is 19.2 Å². The van der Waals surface area contributed by atoms with Crippen LogP contribution in [0.4, 0.5) is 0 Å². The van der Waals surface area contributed by atoms with Crippen LogP contribution < -0.4 is 5.32 Å². The number of ether oxygens (including phenoxy) is 1. The van der Waals surface area contributed by atoms with Gasteiger partial charge in [0.2, 0.25) is 0 Å². The predicted molar refractivity (Wildman–Crippen MR) is 74.4 cm³/mol. The predicted octanol–water partition coefficient (Wildman–Crippen LogP) is 3.89. The molecule has 2 nitrogen and oxygen atoms in total. The van der Waals surface area contributed by atoms with Gasteiger partial charge in [0.25, 0.3) is 0 Å². The molecule has 1 aliphatic heterocycles. The van der Waals surface area contributed by atoms with Gasteiger partial charge in [-0.2, -0.15) is 0 Å². The van der Waals surface area contributed by atoms with E-state index >= 15 is 0 Å². The molecule has 102 valence electrons. The Kier molecular flexibility index (Phi) is 8.72. The average molecular weight is 241 g/mol. The van der Waals surface area contributed by atoms with E-state index < -0.39 is 0 Å². The third kappa shape index (κ3) is 7.05. The van der Waals surface area contributed by atoms with E-state index in [0.29, 0.717) is 6.10 Å². The molecule has 0 spiro atoms. The third-order valence-electron chi connectivity index (χ3n) is 3.70. The molecule has 0 amide bonds. The van der Waals surface area contributed by atoms with Crippen molar-refractivity contribution in [2.45, 2.75) is 83.8 Å². The first-order valence-corrected chi connectivity index (χ1v) is 7.71. The maximum absolute atomic E-state index is 5.64. The Hall–Kier alpha value is -0.0800. The monoisotopic (exact) mass is 241 g/mol. The van der Waals surface area contributed by atoms with Crippen LogP contribution in [0.1, 0.15) is 71.6 Å². The molecule has 1 fully saturated rings. The molecule has 2 atom stereocenters. The molecule has 0 radical (unpaired) electrons. The van der Waals surface area contributed by atoms with Crippen LogP contribution in [0.5, 0.6) is 0 Å². The van der Waals surface area contributed by atoms with Crippen molar-refractivity contribution in [2.75, 3.05) is 13.2 Å². The minimum absolute atomic E-state index is 0.567. The lowest BCUT2D eigenvalue weighted by atomic mass is 10.0. The van der Waals surface area contributed by atoms with Crippen LogP contribution in [0.25, 0.3) is 0 Å². The van der Waals surface area contributed by atoms with Gasteiger partial charge in [-0.25, -0.2) is 0 Å². The van der Waals surface area contributed by atoms with Gasteiger partial charge in [-0.15, -0.1) is 0 Å². The molecule has 0 aromatic rings. The summed E-state index contributed by atoms with van der Waals surface area (Å²) in [6.07, 6.45) is 12.3. The van der Waals surface area contributed by atoms with Crippen LogP contribution in [-0.4, -0.2) is 25.3 Å². The molecule has 0 saturated carbocycles. The topological polar surface area (TPSA) is 21.3 Å². The summed E-state index contributed by atoms with van der Waals surface area (Å²) in [4.78, 5) is 0. The third-order valence-corrected chi connectivity index (χ3v) is 3.70. The fourth-order valence-corrected chi connectivity index (χ4v) is 2.66. The Morgan fingerprint density at radius 2 is 2.06 bits per heavy atom. The number of rotatable bonds is 10. The summed E-state index contributed by atoms with van der Waals surface area (Å²) in [5.41, 5.74) is 0. The minimum Gasteiger partial charge on any atom is -0.378 e. The standard InChI is InChI=1S/C15H31NO/c1-3-5-9-14(8-4-2)16-12-6-10-15-11-7-13-17-15/h14-16H,3-13H2,1-2H3. The summed E-state index contributed by atoms with van der Waals surface area (Å²) in [5, 5.41) is 3.72. The first kappa shape index (κ1) is 15.0. The lowest BCUT2D eigenvalue weighted by Gasteiger charge is -2.18. The molecule has 1 saturated heterocycles. The van der Waals surface area contributed by atoms with Crippen LogP contribution in [0.2, 0.25) is 0 Å². The van der Waals surface area contributed by atoms with Gasteiger partial charge < -0.3 is 10.1 Å². The molecule has 1 heterocycles. The molecule has 1 N–H and O–H groups in total. The van der Waals surface area contributed by atoms with Crippen molar-refractivity contribution in [3.63, 3.8) is 0 Å². The maximum atomic E-state index is 5.64. The highest BCUT2D eigenvalue weighted by Crippen LogP contribution is 2.16. The van der Waals surface area contributed by atoms with Crippen molar-refractivity contribution in [3.05, 3.63) is 0 Å². The zero-order valence-electron chi connectivity index (χ0n) is 11.8. The molecule has 17 heavy (non-hydrogen) atoms. The van der Waals surface area contributed by atoms with Crippen molar-refractivity contribution in [1.82, 2.24) is 5.32 Å². The highest BCUT2D eigenvalue weighted by atomic mass is 16.5. The second-order valence-corrected chi connectivity index (χ2v) is 5.36. The highest BCUT2D eigenvalue weighted by molar-refractivity contribution is 4.69. The van der Waals surface area contributed by atoms with E-state index in [9.17, 15) is 0 Å². The second kappa shape index (κ2) is 9.90. The van der Waals surface area contributed by atoms with Crippen LogP contribution in [0.15, 0.2) is 0 Å². The molecular weight excluding hydrogens is 210 g/mol.